The summed E-state index contributed by atoms with van der Waals surface area (Å²) in [4.78, 5) is 8.82. The van der Waals surface area contributed by atoms with E-state index >= 15 is 0 Å². The highest BCUT2D eigenvalue weighted by Gasteiger charge is 2.25. The minimum absolute atomic E-state index is 0.210. The summed E-state index contributed by atoms with van der Waals surface area (Å²) >= 11 is 10.6. The van der Waals surface area contributed by atoms with Gasteiger partial charge < -0.3 is 4.90 Å². The Balaban J connectivity index is 1.57. The number of rotatable bonds is 13. The largest absolute Gasteiger partial charge is 0.335 e. The molecule has 0 saturated heterocycles. The number of benzene rings is 2. The number of thiazole rings is 1. The normalized spacial score (nSPS) is 14.9. The first kappa shape index (κ1) is 32.9. The summed E-state index contributed by atoms with van der Waals surface area (Å²) in [6.07, 6.45) is 20.1. The molecule has 1 aliphatic rings. The Hall–Kier alpha value is -0.990. The van der Waals surface area contributed by atoms with Crippen LogP contribution in [-0.4, -0.2) is 50.3 Å². The number of thioether (sulfide) groups is 5. The third-order valence-electron chi connectivity index (χ3n) is 6.52. The van der Waals surface area contributed by atoms with Crippen molar-refractivity contribution in [2.45, 2.75) is 50.8 Å². The minimum atomic E-state index is -3.94. The Bertz CT molecular complexity index is 1590. The van der Waals surface area contributed by atoms with Crippen LogP contribution in [0.5, 0.6) is 0 Å². The van der Waals surface area contributed by atoms with Gasteiger partial charge in [0.25, 0.3) is 15.1 Å². The van der Waals surface area contributed by atoms with Gasteiger partial charge in [-0.05, 0) is 62.6 Å². The monoisotopic (exact) mass is 683 g/mol. The first-order chi connectivity index (χ1) is 19.7. The van der Waals surface area contributed by atoms with Gasteiger partial charge in [0.15, 0.2) is 6.54 Å². The van der Waals surface area contributed by atoms with E-state index in [1.807, 2.05) is 11.8 Å². The topological polar surface area (TPSA) is 61.5 Å². The number of aromatic nitrogens is 1. The fraction of sp³-hybridized carbons (Fsp3) is 0.345. The van der Waals surface area contributed by atoms with Gasteiger partial charge in [-0.2, -0.15) is 13.0 Å². The quantitative estimate of drug-likeness (QED) is 0.0626. The van der Waals surface area contributed by atoms with Gasteiger partial charge in [0.1, 0.15) is 4.70 Å². The van der Waals surface area contributed by atoms with Crippen LogP contribution in [0.3, 0.4) is 0 Å². The van der Waals surface area contributed by atoms with Crippen LogP contribution in [0.15, 0.2) is 78.1 Å². The van der Waals surface area contributed by atoms with E-state index in [0.717, 1.165) is 17.1 Å². The number of fused-ring (bicyclic) bond motifs is 2. The Morgan fingerprint density at radius 2 is 1.56 bits per heavy atom. The maximum atomic E-state index is 11.2. The number of allylic oxidation sites excluding steroid dienone is 4. The van der Waals surface area contributed by atoms with Gasteiger partial charge >= 0.3 is 0 Å². The van der Waals surface area contributed by atoms with Gasteiger partial charge in [-0.1, -0.05) is 41.3 Å². The van der Waals surface area contributed by atoms with Crippen molar-refractivity contribution in [3.63, 3.8) is 0 Å². The van der Waals surface area contributed by atoms with Crippen molar-refractivity contribution >= 4 is 102 Å². The van der Waals surface area contributed by atoms with E-state index in [1.165, 1.54) is 39.9 Å². The molecule has 0 bridgehead atoms. The number of aryl methyl sites for hydroxylation is 1. The molecule has 12 heteroatoms. The molecule has 0 spiro atoms. The number of unbranched alkanes of at least 4 members (excludes halogenated alkanes) is 1. The van der Waals surface area contributed by atoms with E-state index in [0.29, 0.717) is 19.4 Å². The highest BCUT2D eigenvalue weighted by molar-refractivity contribution is 8.04. The Kier molecular flexibility index (Phi) is 12.2. The average Bonchev–Trinajstić information content (AvgIpc) is 3.48. The molecular weight excluding hydrogens is 649 g/mol. The van der Waals surface area contributed by atoms with Crippen LogP contribution in [-0.2, 0) is 16.7 Å². The zero-order chi connectivity index (χ0) is 29.6. The molecule has 0 amide bonds. The first-order valence-corrected chi connectivity index (χ1v) is 21.2. The Morgan fingerprint density at radius 3 is 2.22 bits per heavy atom. The van der Waals surface area contributed by atoms with Crippen LogP contribution in [0.2, 0.25) is 0 Å². The van der Waals surface area contributed by atoms with Crippen LogP contribution < -0.4 is 9.47 Å². The van der Waals surface area contributed by atoms with Gasteiger partial charge in [-0.15, -0.1) is 47.0 Å². The highest BCUT2D eigenvalue weighted by atomic mass is 32.2. The third kappa shape index (κ3) is 8.14. The SMILES string of the molecule is CCN1C(=CC=CC=Cc2sc3cc(SC)c(SC)cc3[n+]2CCCCS(=O)(=O)O)Sc2cc(SC)c(SC)cc21. The standard InChI is InChI=1S/C29H34N2O3S7/c1-6-30-20-16-24(35-2)26(37-4)18-22(20)39-28(30)12-8-7-9-13-29-31(14-10-11-15-41(32,33)34)21-17-25(36-3)27(38-5)19-23(21)40-29/h7-9,12-13,16-19H,6,10-11,14-15H2,1-5H3/p+1. The molecule has 0 radical (unpaired) electrons. The van der Waals surface area contributed by atoms with Crippen molar-refractivity contribution in [3.8, 4) is 0 Å². The predicted molar refractivity (Wildman–Crippen MR) is 186 cm³/mol. The highest BCUT2D eigenvalue weighted by Crippen LogP contribution is 2.49. The zero-order valence-electron chi connectivity index (χ0n) is 23.7. The van der Waals surface area contributed by atoms with Gasteiger partial charge in [-0.3, -0.25) is 4.55 Å². The lowest BCUT2D eigenvalue weighted by Crippen LogP contribution is -2.35. The predicted octanol–water partition coefficient (Wildman–Crippen LogP) is 8.79. The lowest BCUT2D eigenvalue weighted by molar-refractivity contribution is -0.669. The molecule has 5 nitrogen and oxygen atoms in total. The van der Waals surface area contributed by atoms with Crippen molar-refractivity contribution < 1.29 is 17.5 Å². The summed E-state index contributed by atoms with van der Waals surface area (Å²) in [6.45, 7) is 3.79. The van der Waals surface area contributed by atoms with Gasteiger partial charge in [0.05, 0.1) is 16.5 Å². The first-order valence-electron chi connectivity index (χ1n) is 13.0. The third-order valence-corrected chi connectivity index (χ3v) is 12.9. The minimum Gasteiger partial charge on any atom is -0.335 e. The number of nitrogens with zero attached hydrogens (tertiary/aromatic N) is 2. The number of hydrogen-bond donors (Lipinski definition) is 1. The fourth-order valence-electron chi connectivity index (χ4n) is 4.56. The van der Waals surface area contributed by atoms with Crippen molar-refractivity contribution in [2.75, 3.05) is 42.2 Å². The summed E-state index contributed by atoms with van der Waals surface area (Å²) in [5.74, 6) is -0.210. The maximum Gasteiger partial charge on any atom is 0.264 e. The lowest BCUT2D eigenvalue weighted by atomic mass is 10.3. The van der Waals surface area contributed by atoms with Crippen LogP contribution in [0.1, 0.15) is 24.8 Å². The summed E-state index contributed by atoms with van der Waals surface area (Å²) in [5.41, 5.74) is 2.44. The smallest absolute Gasteiger partial charge is 0.264 e. The molecule has 4 rings (SSSR count). The molecule has 0 aliphatic carbocycles. The summed E-state index contributed by atoms with van der Waals surface area (Å²) in [6, 6.07) is 9.11. The molecule has 0 atom stereocenters. The molecule has 2 aromatic carbocycles. The lowest BCUT2D eigenvalue weighted by Gasteiger charge is -2.18. The molecule has 1 aromatic heterocycles. The molecule has 3 aromatic rings. The molecule has 0 saturated carbocycles. The van der Waals surface area contributed by atoms with Crippen LogP contribution in [0, 0.1) is 0 Å². The molecule has 1 aliphatic heterocycles. The van der Waals surface area contributed by atoms with E-state index in [-0.39, 0.29) is 5.75 Å². The van der Waals surface area contributed by atoms with E-state index in [1.54, 1.807) is 58.4 Å². The van der Waals surface area contributed by atoms with Crippen LogP contribution in [0.25, 0.3) is 16.3 Å². The summed E-state index contributed by atoms with van der Waals surface area (Å²) in [5, 5.41) is 2.34. The van der Waals surface area contributed by atoms with E-state index in [4.69, 9.17) is 4.55 Å². The molecule has 220 valence electrons. The molecular formula is C29H35N2O3S7+. The van der Waals surface area contributed by atoms with Gasteiger partial charge in [0.2, 0.25) is 5.52 Å². The number of hydrogen-bond acceptors (Lipinski definition) is 9. The molecule has 0 unspecified atom stereocenters. The van der Waals surface area contributed by atoms with Crippen LogP contribution in [0.4, 0.5) is 5.69 Å². The van der Waals surface area contributed by atoms with Crippen molar-refractivity contribution in [3.05, 3.63) is 58.6 Å². The second-order valence-corrected chi connectivity index (χ2v) is 16.1. The second kappa shape index (κ2) is 15.1. The molecule has 41 heavy (non-hydrogen) atoms. The second-order valence-electron chi connectivity index (χ2n) is 9.03. The van der Waals surface area contributed by atoms with Crippen LogP contribution >= 0.6 is 70.1 Å². The fourth-order valence-corrected chi connectivity index (χ4v) is 10.5. The Labute approximate surface area is 269 Å². The maximum absolute atomic E-state index is 11.2. The van der Waals surface area contributed by atoms with Crippen molar-refractivity contribution in [1.29, 1.82) is 0 Å². The Morgan fingerprint density at radius 1 is 0.902 bits per heavy atom. The molecule has 1 N–H and O–H groups in total. The van der Waals surface area contributed by atoms with E-state index in [2.05, 4.69) is 96.1 Å². The van der Waals surface area contributed by atoms with Crippen molar-refractivity contribution in [2.24, 2.45) is 0 Å². The molecule has 0 fully saturated rings. The summed E-state index contributed by atoms with van der Waals surface area (Å²) < 4.78 is 35.0. The van der Waals surface area contributed by atoms with E-state index in [9.17, 15) is 8.42 Å². The average molecular weight is 684 g/mol. The van der Waals surface area contributed by atoms with Crippen molar-refractivity contribution in [1.82, 2.24) is 0 Å². The number of anilines is 1. The van der Waals surface area contributed by atoms with Gasteiger partial charge in [0, 0.05) is 49.6 Å². The van der Waals surface area contributed by atoms with Gasteiger partial charge in [-0.25, -0.2) is 0 Å². The summed E-state index contributed by atoms with van der Waals surface area (Å²) in [7, 11) is -3.94. The van der Waals surface area contributed by atoms with E-state index < -0.39 is 10.1 Å². The molecule has 2 heterocycles. The zero-order valence-corrected chi connectivity index (χ0v) is 29.5.